The van der Waals surface area contributed by atoms with Crippen LogP contribution >= 0.6 is 0 Å². The Kier molecular flexibility index (Phi) is 6.28. The summed E-state index contributed by atoms with van der Waals surface area (Å²) >= 11 is 0. The van der Waals surface area contributed by atoms with Crippen LogP contribution in [0.25, 0.3) is 0 Å². The highest BCUT2D eigenvalue weighted by Crippen LogP contribution is 2.22. The third-order valence-electron chi connectivity index (χ3n) is 3.19. The smallest absolute Gasteiger partial charge is 0.0320 e. The molecule has 0 fully saturated rings. The first-order valence-corrected chi connectivity index (χ1v) is 6.99. The highest BCUT2D eigenvalue weighted by molar-refractivity contribution is 5.30. The predicted octanol–water partition coefficient (Wildman–Crippen LogP) is 4.53. The van der Waals surface area contributed by atoms with Gasteiger partial charge in [-0.05, 0) is 32.4 Å². The van der Waals surface area contributed by atoms with Crippen molar-refractivity contribution in [1.82, 2.24) is 5.32 Å². The second-order valence-corrected chi connectivity index (χ2v) is 5.03. The van der Waals surface area contributed by atoms with Gasteiger partial charge in [-0.2, -0.15) is 0 Å². The normalized spacial score (nSPS) is 12.7. The fourth-order valence-electron chi connectivity index (χ4n) is 2.44. The van der Waals surface area contributed by atoms with E-state index < -0.39 is 0 Å². The zero-order valence-electron chi connectivity index (χ0n) is 11.8. The molecule has 0 aliphatic heterocycles. The molecule has 1 aromatic rings. The molecule has 1 unspecified atom stereocenters. The van der Waals surface area contributed by atoms with E-state index in [1.165, 1.54) is 42.4 Å². The minimum Gasteiger partial charge on any atom is -0.310 e. The molecule has 1 N–H and O–H groups in total. The van der Waals surface area contributed by atoms with E-state index in [0.29, 0.717) is 6.04 Å². The Balaban J connectivity index is 2.73. The summed E-state index contributed by atoms with van der Waals surface area (Å²) < 4.78 is 0. The van der Waals surface area contributed by atoms with Crippen LogP contribution in [0.15, 0.2) is 18.2 Å². The van der Waals surface area contributed by atoms with Gasteiger partial charge >= 0.3 is 0 Å². The number of rotatable bonds is 7. The van der Waals surface area contributed by atoms with Gasteiger partial charge < -0.3 is 5.32 Å². The molecule has 0 aliphatic carbocycles. The van der Waals surface area contributed by atoms with Crippen molar-refractivity contribution in [1.29, 1.82) is 0 Å². The summed E-state index contributed by atoms with van der Waals surface area (Å²) in [6.07, 6.45) is 5.21. The van der Waals surface area contributed by atoms with Gasteiger partial charge in [0.25, 0.3) is 0 Å². The monoisotopic (exact) mass is 233 g/mol. The van der Waals surface area contributed by atoms with Crippen molar-refractivity contribution in [3.8, 4) is 0 Å². The summed E-state index contributed by atoms with van der Waals surface area (Å²) in [7, 11) is 0. The van der Waals surface area contributed by atoms with Crippen molar-refractivity contribution < 1.29 is 0 Å². The molecule has 0 saturated heterocycles. The molecule has 1 heteroatoms. The average molecular weight is 233 g/mol. The van der Waals surface area contributed by atoms with Gasteiger partial charge in [-0.25, -0.2) is 0 Å². The number of hydrogen-bond donors (Lipinski definition) is 1. The highest BCUT2D eigenvalue weighted by atomic mass is 14.9. The van der Waals surface area contributed by atoms with Crippen molar-refractivity contribution in [2.45, 2.75) is 59.4 Å². The molecule has 96 valence electrons. The lowest BCUT2D eigenvalue weighted by molar-refractivity contribution is 0.486. The Morgan fingerprint density at radius 1 is 1.00 bits per heavy atom. The van der Waals surface area contributed by atoms with Crippen LogP contribution in [-0.2, 0) is 0 Å². The van der Waals surface area contributed by atoms with Crippen LogP contribution in [0.4, 0.5) is 0 Å². The predicted molar refractivity (Wildman–Crippen MR) is 76.5 cm³/mol. The Bertz CT molecular complexity index is 310. The number of benzene rings is 1. The van der Waals surface area contributed by atoms with Crippen molar-refractivity contribution >= 4 is 0 Å². The molecule has 0 amide bonds. The minimum absolute atomic E-state index is 0.533. The number of unbranched alkanes of at least 4 members (excludes halogenated alkanes) is 2. The number of nitrogens with one attached hydrogen (secondary N) is 1. The van der Waals surface area contributed by atoms with E-state index in [9.17, 15) is 0 Å². The summed E-state index contributed by atoms with van der Waals surface area (Å²) in [6, 6.07) is 7.43. The maximum Gasteiger partial charge on any atom is 0.0320 e. The quantitative estimate of drug-likeness (QED) is 0.682. The Morgan fingerprint density at radius 2 is 1.65 bits per heavy atom. The summed E-state index contributed by atoms with van der Waals surface area (Å²) in [5.74, 6) is 0. The maximum atomic E-state index is 3.61. The van der Waals surface area contributed by atoms with E-state index in [-0.39, 0.29) is 0 Å². The van der Waals surface area contributed by atoms with Crippen molar-refractivity contribution in [3.05, 3.63) is 34.9 Å². The van der Waals surface area contributed by atoms with Gasteiger partial charge in [0, 0.05) is 6.04 Å². The Hall–Kier alpha value is -0.820. The molecule has 0 bridgehead atoms. The van der Waals surface area contributed by atoms with Crippen molar-refractivity contribution in [3.63, 3.8) is 0 Å². The summed E-state index contributed by atoms with van der Waals surface area (Å²) in [4.78, 5) is 0. The molecule has 0 saturated carbocycles. The van der Waals surface area contributed by atoms with Gasteiger partial charge in [-0.15, -0.1) is 0 Å². The maximum absolute atomic E-state index is 3.61. The molecule has 1 rings (SSSR count). The molecule has 1 nitrogen and oxygen atoms in total. The van der Waals surface area contributed by atoms with Crippen LogP contribution in [0.1, 0.15) is 62.3 Å². The van der Waals surface area contributed by atoms with Crippen LogP contribution in [0.2, 0.25) is 0 Å². The lowest BCUT2D eigenvalue weighted by Crippen LogP contribution is -2.21. The van der Waals surface area contributed by atoms with Crippen LogP contribution in [0, 0.1) is 13.8 Å². The molecule has 17 heavy (non-hydrogen) atoms. The van der Waals surface area contributed by atoms with Gasteiger partial charge in [0.05, 0.1) is 0 Å². The molecule has 1 aromatic carbocycles. The highest BCUT2D eigenvalue weighted by Gasteiger charge is 2.10. The first-order chi connectivity index (χ1) is 8.17. The Labute approximate surface area is 107 Å². The van der Waals surface area contributed by atoms with Gasteiger partial charge in [0.1, 0.15) is 0 Å². The van der Waals surface area contributed by atoms with E-state index in [2.05, 4.69) is 51.2 Å². The van der Waals surface area contributed by atoms with Gasteiger partial charge in [0.15, 0.2) is 0 Å². The van der Waals surface area contributed by atoms with Gasteiger partial charge in [-0.1, -0.05) is 62.4 Å². The van der Waals surface area contributed by atoms with Crippen LogP contribution in [0.3, 0.4) is 0 Å². The molecular weight excluding hydrogens is 206 g/mol. The third kappa shape index (κ3) is 4.91. The van der Waals surface area contributed by atoms with Crippen LogP contribution < -0.4 is 5.32 Å². The summed E-state index contributed by atoms with van der Waals surface area (Å²) in [5.41, 5.74) is 4.21. The first-order valence-electron chi connectivity index (χ1n) is 6.99. The van der Waals surface area contributed by atoms with E-state index >= 15 is 0 Å². The molecular formula is C16H27N. The molecule has 0 spiro atoms. The topological polar surface area (TPSA) is 12.0 Å². The fraction of sp³-hybridized carbons (Fsp3) is 0.625. The number of aryl methyl sites for hydroxylation is 2. The van der Waals surface area contributed by atoms with Crippen molar-refractivity contribution in [2.75, 3.05) is 6.54 Å². The van der Waals surface area contributed by atoms with E-state index in [1.807, 2.05) is 0 Å². The molecule has 0 radical (unpaired) electrons. The van der Waals surface area contributed by atoms with Gasteiger partial charge in [0.2, 0.25) is 0 Å². The lowest BCUT2D eigenvalue weighted by atomic mass is 9.97. The lowest BCUT2D eigenvalue weighted by Gasteiger charge is -2.19. The van der Waals surface area contributed by atoms with Crippen LogP contribution in [0.5, 0.6) is 0 Å². The van der Waals surface area contributed by atoms with Crippen LogP contribution in [-0.4, -0.2) is 6.54 Å². The minimum atomic E-state index is 0.533. The zero-order chi connectivity index (χ0) is 12.7. The Morgan fingerprint density at radius 3 is 2.18 bits per heavy atom. The van der Waals surface area contributed by atoms with E-state index in [0.717, 1.165) is 6.54 Å². The molecule has 0 aromatic heterocycles. The second kappa shape index (κ2) is 7.50. The summed E-state index contributed by atoms with van der Waals surface area (Å²) in [5, 5.41) is 3.61. The van der Waals surface area contributed by atoms with Crippen molar-refractivity contribution in [2.24, 2.45) is 0 Å². The standard InChI is InChI=1S/C16H27N/c1-5-7-8-9-16(17-6-2)15-11-13(3)10-14(4)12-15/h10-12,16-17H,5-9H2,1-4H3. The zero-order valence-corrected chi connectivity index (χ0v) is 11.8. The largest absolute Gasteiger partial charge is 0.310 e. The fourth-order valence-corrected chi connectivity index (χ4v) is 2.44. The summed E-state index contributed by atoms with van der Waals surface area (Å²) in [6.45, 7) is 9.87. The second-order valence-electron chi connectivity index (χ2n) is 5.03. The SMILES string of the molecule is CCCCCC(NCC)c1cc(C)cc(C)c1. The third-order valence-corrected chi connectivity index (χ3v) is 3.19. The van der Waals surface area contributed by atoms with E-state index in [4.69, 9.17) is 0 Å². The van der Waals surface area contributed by atoms with Gasteiger partial charge in [-0.3, -0.25) is 0 Å². The average Bonchev–Trinajstić information content (AvgIpc) is 2.27. The molecule has 1 atom stereocenters. The first kappa shape index (κ1) is 14.2. The van der Waals surface area contributed by atoms with E-state index in [1.54, 1.807) is 0 Å². The molecule has 0 heterocycles. The number of hydrogen-bond acceptors (Lipinski definition) is 1. The molecule has 0 aliphatic rings.